The van der Waals surface area contributed by atoms with Crippen LogP contribution in [0.4, 0.5) is 0 Å². The van der Waals surface area contributed by atoms with Gasteiger partial charge < -0.3 is 4.90 Å². The van der Waals surface area contributed by atoms with Gasteiger partial charge in [-0.3, -0.25) is 4.79 Å². The van der Waals surface area contributed by atoms with Crippen LogP contribution in [0.25, 0.3) is 0 Å². The summed E-state index contributed by atoms with van der Waals surface area (Å²) in [6.07, 6.45) is 4.74. The second-order valence-corrected chi connectivity index (χ2v) is 3.31. The summed E-state index contributed by atoms with van der Waals surface area (Å²) < 4.78 is 0. The fraction of sp³-hybridized carbons (Fsp3) is 0.917. The number of carbonyl (C=O) groups is 1. The first-order valence-electron chi connectivity index (χ1n) is 6.17. The Hall–Kier alpha value is -0.530. The van der Waals surface area contributed by atoms with Crippen molar-refractivity contribution in [3.8, 4) is 0 Å². The largest absolute Gasteiger partial charge is 0.342 e. The molecule has 2 rings (SSSR count). The Bertz CT molecular complexity index is 146. The molecule has 0 aromatic carbocycles. The minimum Gasteiger partial charge on any atom is -0.342 e. The van der Waals surface area contributed by atoms with Crippen molar-refractivity contribution in [3.63, 3.8) is 0 Å². The average molecular weight is 199 g/mol. The Balaban J connectivity index is 0.000000379. The molecule has 2 heteroatoms. The van der Waals surface area contributed by atoms with Crippen LogP contribution in [-0.2, 0) is 4.79 Å². The average Bonchev–Trinajstić information content (AvgIpc) is 2.98. The maximum atomic E-state index is 11.3. The molecule has 14 heavy (non-hydrogen) atoms. The van der Waals surface area contributed by atoms with Crippen LogP contribution in [-0.4, -0.2) is 23.9 Å². The third kappa shape index (κ3) is 4.12. The van der Waals surface area contributed by atoms with Crippen molar-refractivity contribution in [2.24, 2.45) is 5.92 Å². The Morgan fingerprint density at radius 2 is 1.43 bits per heavy atom. The monoisotopic (exact) mass is 199 g/mol. The first-order valence-corrected chi connectivity index (χ1v) is 6.17. The van der Waals surface area contributed by atoms with Gasteiger partial charge in [0.2, 0.25) is 5.91 Å². The summed E-state index contributed by atoms with van der Waals surface area (Å²) in [5.41, 5.74) is 0. The topological polar surface area (TPSA) is 20.3 Å². The van der Waals surface area contributed by atoms with E-state index in [1.54, 1.807) is 0 Å². The lowest BCUT2D eigenvalue weighted by atomic mass is 10.3. The van der Waals surface area contributed by atoms with Gasteiger partial charge in [-0.15, -0.1) is 0 Å². The van der Waals surface area contributed by atoms with Crippen LogP contribution >= 0.6 is 0 Å². The van der Waals surface area contributed by atoms with E-state index < -0.39 is 0 Å². The fourth-order valence-corrected chi connectivity index (χ4v) is 1.53. The number of rotatable bonds is 1. The van der Waals surface area contributed by atoms with Gasteiger partial charge in [-0.05, 0) is 25.7 Å². The molecule has 84 valence electrons. The third-order valence-electron chi connectivity index (χ3n) is 2.34. The first-order chi connectivity index (χ1) is 6.88. The van der Waals surface area contributed by atoms with E-state index in [1.165, 1.54) is 12.8 Å². The Morgan fingerprint density at radius 3 is 1.79 bits per heavy atom. The van der Waals surface area contributed by atoms with Crippen LogP contribution < -0.4 is 0 Å². The molecule has 0 aromatic heterocycles. The molecule has 0 unspecified atom stereocenters. The molecule has 2 aliphatic rings. The number of likely N-dealkylation sites (tertiary alicyclic amines) is 1. The zero-order valence-electron chi connectivity index (χ0n) is 10.2. The first kappa shape index (κ1) is 13.5. The summed E-state index contributed by atoms with van der Waals surface area (Å²) in [6, 6.07) is 0. The highest BCUT2D eigenvalue weighted by Gasteiger charge is 2.33. The van der Waals surface area contributed by atoms with Crippen LogP contribution in [0, 0.1) is 5.92 Å². The summed E-state index contributed by atoms with van der Waals surface area (Å²) in [5, 5.41) is 0. The number of amides is 1. The van der Waals surface area contributed by atoms with E-state index in [0.717, 1.165) is 25.9 Å². The van der Waals surface area contributed by atoms with E-state index in [4.69, 9.17) is 0 Å². The normalized spacial score (nSPS) is 19.0. The minimum absolute atomic E-state index is 0.428. The highest BCUT2D eigenvalue weighted by Crippen LogP contribution is 2.31. The van der Waals surface area contributed by atoms with E-state index in [1.807, 2.05) is 32.6 Å². The number of carbonyl (C=O) groups excluding carboxylic acids is 1. The van der Waals surface area contributed by atoms with Gasteiger partial charge in [-0.2, -0.15) is 0 Å². The molecule has 2 fully saturated rings. The molecule has 0 radical (unpaired) electrons. The van der Waals surface area contributed by atoms with Crippen LogP contribution in [0.1, 0.15) is 53.4 Å². The second kappa shape index (κ2) is 7.84. The lowest BCUT2D eigenvalue weighted by Gasteiger charge is -2.13. The van der Waals surface area contributed by atoms with Crippen molar-refractivity contribution < 1.29 is 4.79 Å². The zero-order chi connectivity index (χ0) is 11.0. The molecular formula is C12H25NO. The van der Waals surface area contributed by atoms with Gasteiger partial charge in [-0.25, -0.2) is 0 Å². The predicted octanol–water partition coefficient (Wildman–Crippen LogP) is 3.07. The molecule has 0 atom stereocenters. The van der Waals surface area contributed by atoms with Crippen molar-refractivity contribution in [2.45, 2.75) is 53.4 Å². The third-order valence-corrected chi connectivity index (χ3v) is 2.34. The zero-order valence-corrected chi connectivity index (χ0v) is 10.2. The highest BCUT2D eigenvalue weighted by molar-refractivity contribution is 5.81. The van der Waals surface area contributed by atoms with Gasteiger partial charge in [-0.1, -0.05) is 27.7 Å². The molecule has 1 aliphatic heterocycles. The molecule has 1 saturated heterocycles. The molecule has 2 nitrogen and oxygen atoms in total. The van der Waals surface area contributed by atoms with Crippen LogP contribution in [0.3, 0.4) is 0 Å². The van der Waals surface area contributed by atoms with Crippen molar-refractivity contribution in [1.29, 1.82) is 0 Å². The van der Waals surface area contributed by atoms with Crippen molar-refractivity contribution in [2.75, 3.05) is 13.1 Å². The van der Waals surface area contributed by atoms with Gasteiger partial charge in [0, 0.05) is 19.0 Å². The molecule has 0 spiro atoms. The smallest absolute Gasteiger partial charge is 0.225 e. The van der Waals surface area contributed by atoms with Crippen LogP contribution in [0.2, 0.25) is 0 Å². The highest BCUT2D eigenvalue weighted by atomic mass is 16.2. The standard InChI is InChI=1S/C8H13NO.2C2H6/c10-8(7-3-4-7)9-5-1-2-6-9;2*1-2/h7H,1-6H2;2*1-2H3. The Kier molecular flexibility index (Phi) is 7.54. The second-order valence-electron chi connectivity index (χ2n) is 3.31. The van der Waals surface area contributed by atoms with E-state index >= 15 is 0 Å². The van der Waals surface area contributed by atoms with Crippen molar-refractivity contribution >= 4 is 5.91 Å². The fourth-order valence-electron chi connectivity index (χ4n) is 1.53. The van der Waals surface area contributed by atoms with Gasteiger partial charge in [0.15, 0.2) is 0 Å². The Morgan fingerprint density at radius 1 is 1.00 bits per heavy atom. The molecule has 1 saturated carbocycles. The van der Waals surface area contributed by atoms with E-state index in [2.05, 4.69) is 0 Å². The Labute approximate surface area is 88.7 Å². The van der Waals surface area contributed by atoms with Crippen LogP contribution in [0.5, 0.6) is 0 Å². The van der Waals surface area contributed by atoms with Gasteiger partial charge in [0.05, 0.1) is 0 Å². The molecule has 1 heterocycles. The summed E-state index contributed by atoms with van der Waals surface area (Å²) in [4.78, 5) is 13.4. The minimum atomic E-state index is 0.428. The van der Waals surface area contributed by atoms with E-state index in [0.29, 0.717) is 11.8 Å². The predicted molar refractivity (Wildman–Crippen MR) is 61.2 cm³/mol. The molecule has 0 bridgehead atoms. The summed E-state index contributed by atoms with van der Waals surface area (Å²) >= 11 is 0. The molecule has 0 aromatic rings. The van der Waals surface area contributed by atoms with Gasteiger partial charge >= 0.3 is 0 Å². The molecule has 1 amide bonds. The quantitative estimate of drug-likeness (QED) is 0.635. The molecular weight excluding hydrogens is 174 g/mol. The SMILES string of the molecule is CC.CC.O=C(C1CC1)N1CCCC1. The van der Waals surface area contributed by atoms with Crippen LogP contribution in [0.15, 0.2) is 0 Å². The summed E-state index contributed by atoms with van der Waals surface area (Å²) in [7, 11) is 0. The lowest BCUT2D eigenvalue weighted by molar-refractivity contribution is -0.131. The van der Waals surface area contributed by atoms with Crippen molar-refractivity contribution in [3.05, 3.63) is 0 Å². The number of hydrogen-bond donors (Lipinski definition) is 0. The van der Waals surface area contributed by atoms with Gasteiger partial charge in [0.25, 0.3) is 0 Å². The van der Waals surface area contributed by atoms with E-state index in [-0.39, 0.29) is 0 Å². The van der Waals surface area contributed by atoms with Crippen molar-refractivity contribution in [1.82, 2.24) is 4.90 Å². The summed E-state index contributed by atoms with van der Waals surface area (Å²) in [5.74, 6) is 0.857. The molecule has 0 N–H and O–H groups in total. The molecule has 1 aliphatic carbocycles. The number of nitrogens with zero attached hydrogens (tertiary/aromatic N) is 1. The maximum Gasteiger partial charge on any atom is 0.225 e. The maximum absolute atomic E-state index is 11.3. The van der Waals surface area contributed by atoms with Gasteiger partial charge in [0.1, 0.15) is 0 Å². The lowest BCUT2D eigenvalue weighted by Crippen LogP contribution is -2.28. The summed E-state index contributed by atoms with van der Waals surface area (Å²) in [6.45, 7) is 10.0. The number of hydrogen-bond acceptors (Lipinski definition) is 1. The van der Waals surface area contributed by atoms with E-state index in [9.17, 15) is 4.79 Å².